The molecule has 0 fully saturated rings. The van der Waals surface area contributed by atoms with Gasteiger partial charge in [0.25, 0.3) is 5.91 Å². The van der Waals surface area contributed by atoms with Crippen LogP contribution in [0, 0.1) is 5.82 Å². The van der Waals surface area contributed by atoms with Gasteiger partial charge in [-0.15, -0.1) is 0 Å². The topological polar surface area (TPSA) is 46.9 Å². The number of nitrogens with zero attached hydrogens (tertiary/aromatic N) is 2. The highest BCUT2D eigenvalue weighted by Crippen LogP contribution is 2.13. The Balaban J connectivity index is 1.74. The zero-order valence-corrected chi connectivity index (χ0v) is 12.7. The molecule has 0 aliphatic carbocycles. The van der Waals surface area contributed by atoms with Crippen LogP contribution in [0.2, 0.25) is 0 Å². The smallest absolute Gasteiger partial charge is 0.276 e. The van der Waals surface area contributed by atoms with E-state index in [1.807, 2.05) is 24.3 Å². The Morgan fingerprint density at radius 3 is 2.43 bits per heavy atom. The van der Waals surface area contributed by atoms with Crippen LogP contribution in [0.25, 0.3) is 5.69 Å². The van der Waals surface area contributed by atoms with Crippen molar-refractivity contribution < 1.29 is 9.18 Å². The van der Waals surface area contributed by atoms with E-state index < -0.39 is 0 Å². The van der Waals surface area contributed by atoms with E-state index in [9.17, 15) is 9.18 Å². The normalized spacial score (nSPS) is 10.5. The number of aromatic nitrogens is 2. The summed E-state index contributed by atoms with van der Waals surface area (Å²) in [5.41, 5.74) is 2.93. The van der Waals surface area contributed by atoms with Gasteiger partial charge in [0.15, 0.2) is 5.69 Å². The molecule has 0 aliphatic rings. The molecule has 116 valence electrons. The fraction of sp³-hybridized carbons (Fsp3) is 0.111. The maximum absolute atomic E-state index is 12.9. The first-order chi connectivity index (χ1) is 11.2. The molecule has 5 heteroatoms. The van der Waals surface area contributed by atoms with Crippen molar-refractivity contribution in [3.63, 3.8) is 0 Å². The van der Waals surface area contributed by atoms with Crippen molar-refractivity contribution >= 4 is 11.6 Å². The fourth-order valence-electron chi connectivity index (χ4n) is 2.20. The van der Waals surface area contributed by atoms with Crippen LogP contribution in [0.15, 0.2) is 60.8 Å². The van der Waals surface area contributed by atoms with Crippen molar-refractivity contribution in [1.29, 1.82) is 0 Å². The summed E-state index contributed by atoms with van der Waals surface area (Å²) in [5.74, 6) is -0.593. The molecule has 23 heavy (non-hydrogen) atoms. The van der Waals surface area contributed by atoms with Gasteiger partial charge in [0.1, 0.15) is 5.82 Å². The molecule has 0 saturated carbocycles. The number of rotatable bonds is 4. The van der Waals surface area contributed by atoms with Crippen molar-refractivity contribution in [2.75, 3.05) is 5.32 Å². The molecule has 0 aliphatic heterocycles. The zero-order chi connectivity index (χ0) is 16.2. The molecule has 0 saturated heterocycles. The van der Waals surface area contributed by atoms with Gasteiger partial charge in [-0.3, -0.25) is 4.79 Å². The highest BCUT2D eigenvalue weighted by Gasteiger charge is 2.10. The Kier molecular flexibility index (Phi) is 4.19. The van der Waals surface area contributed by atoms with Crippen LogP contribution in [0.3, 0.4) is 0 Å². The van der Waals surface area contributed by atoms with E-state index in [-0.39, 0.29) is 11.7 Å². The van der Waals surface area contributed by atoms with Crippen molar-refractivity contribution in [3.8, 4) is 5.69 Å². The lowest BCUT2D eigenvalue weighted by molar-refractivity contribution is 0.102. The molecule has 1 N–H and O–H groups in total. The molecule has 1 amide bonds. The quantitative estimate of drug-likeness (QED) is 0.796. The van der Waals surface area contributed by atoms with Crippen molar-refractivity contribution in [1.82, 2.24) is 9.78 Å². The predicted molar refractivity (Wildman–Crippen MR) is 87.3 cm³/mol. The van der Waals surface area contributed by atoms with Crippen LogP contribution in [0.5, 0.6) is 0 Å². The average molecular weight is 309 g/mol. The highest BCUT2D eigenvalue weighted by atomic mass is 19.1. The Morgan fingerprint density at radius 2 is 1.78 bits per heavy atom. The van der Waals surface area contributed by atoms with Crippen molar-refractivity contribution in [3.05, 3.63) is 77.9 Å². The Labute approximate surface area is 133 Å². The van der Waals surface area contributed by atoms with Crippen LogP contribution < -0.4 is 5.32 Å². The molecule has 1 aromatic heterocycles. The monoisotopic (exact) mass is 309 g/mol. The number of carbonyl (C=O) groups is 1. The van der Waals surface area contributed by atoms with Gasteiger partial charge in [-0.25, -0.2) is 9.07 Å². The minimum atomic E-state index is -0.311. The SMILES string of the molecule is CCc1ccc(NC(=O)c2ccn(-c3ccc(F)cc3)n2)cc1. The second-order valence-corrected chi connectivity index (χ2v) is 5.13. The van der Waals surface area contributed by atoms with Gasteiger partial charge in [0.05, 0.1) is 5.69 Å². The molecule has 0 bridgehead atoms. The molecule has 0 atom stereocenters. The third kappa shape index (κ3) is 3.45. The third-order valence-electron chi connectivity index (χ3n) is 3.53. The fourth-order valence-corrected chi connectivity index (χ4v) is 2.20. The molecule has 4 nitrogen and oxygen atoms in total. The second-order valence-electron chi connectivity index (χ2n) is 5.13. The van der Waals surface area contributed by atoms with Gasteiger partial charge >= 0.3 is 0 Å². The van der Waals surface area contributed by atoms with Crippen LogP contribution in [-0.2, 0) is 6.42 Å². The molecular formula is C18H16FN3O. The minimum Gasteiger partial charge on any atom is -0.321 e. The summed E-state index contributed by atoms with van der Waals surface area (Å²) < 4.78 is 14.5. The average Bonchev–Trinajstić information content (AvgIpc) is 3.06. The Morgan fingerprint density at radius 1 is 1.09 bits per heavy atom. The number of amides is 1. The first-order valence-corrected chi connectivity index (χ1v) is 7.37. The molecule has 0 unspecified atom stereocenters. The summed E-state index contributed by atoms with van der Waals surface area (Å²) in [6.45, 7) is 2.08. The summed E-state index contributed by atoms with van der Waals surface area (Å²) in [4.78, 5) is 12.2. The first-order valence-electron chi connectivity index (χ1n) is 7.37. The van der Waals surface area contributed by atoms with Gasteiger partial charge in [0.2, 0.25) is 0 Å². The number of carbonyl (C=O) groups excluding carboxylic acids is 1. The lowest BCUT2D eigenvalue weighted by atomic mass is 10.1. The number of benzene rings is 2. The van der Waals surface area contributed by atoms with E-state index in [0.29, 0.717) is 11.4 Å². The molecule has 3 rings (SSSR count). The van der Waals surface area contributed by atoms with E-state index in [1.165, 1.54) is 22.4 Å². The van der Waals surface area contributed by atoms with E-state index >= 15 is 0 Å². The largest absolute Gasteiger partial charge is 0.321 e. The molecule has 0 spiro atoms. The number of nitrogens with one attached hydrogen (secondary N) is 1. The van der Waals surface area contributed by atoms with E-state index in [2.05, 4.69) is 17.3 Å². The van der Waals surface area contributed by atoms with Crippen LogP contribution in [-0.4, -0.2) is 15.7 Å². The van der Waals surface area contributed by atoms with Gasteiger partial charge in [-0.05, 0) is 54.4 Å². The highest BCUT2D eigenvalue weighted by molar-refractivity contribution is 6.02. The Bertz CT molecular complexity index is 807. The lowest BCUT2D eigenvalue weighted by Crippen LogP contribution is -2.13. The summed E-state index contributed by atoms with van der Waals surface area (Å²) in [7, 11) is 0. The predicted octanol–water partition coefficient (Wildman–Crippen LogP) is 3.83. The maximum Gasteiger partial charge on any atom is 0.276 e. The van der Waals surface area contributed by atoms with Gasteiger partial charge in [-0.1, -0.05) is 19.1 Å². The van der Waals surface area contributed by atoms with Crippen molar-refractivity contribution in [2.45, 2.75) is 13.3 Å². The second kappa shape index (κ2) is 6.44. The number of hydrogen-bond donors (Lipinski definition) is 1. The number of aryl methyl sites for hydroxylation is 1. The first kappa shape index (κ1) is 15.0. The summed E-state index contributed by atoms with van der Waals surface area (Å²) in [6.07, 6.45) is 2.62. The minimum absolute atomic E-state index is 0.282. The summed E-state index contributed by atoms with van der Waals surface area (Å²) in [5, 5.41) is 7.03. The lowest BCUT2D eigenvalue weighted by Gasteiger charge is -2.04. The molecule has 0 radical (unpaired) electrons. The third-order valence-corrected chi connectivity index (χ3v) is 3.53. The van der Waals surface area contributed by atoms with Crippen LogP contribution >= 0.6 is 0 Å². The molecular weight excluding hydrogens is 293 g/mol. The van der Waals surface area contributed by atoms with E-state index in [1.54, 1.807) is 24.4 Å². The van der Waals surface area contributed by atoms with E-state index in [0.717, 1.165) is 12.1 Å². The molecule has 1 heterocycles. The van der Waals surface area contributed by atoms with Gasteiger partial charge in [0, 0.05) is 11.9 Å². The maximum atomic E-state index is 12.9. The van der Waals surface area contributed by atoms with E-state index in [4.69, 9.17) is 0 Å². The van der Waals surface area contributed by atoms with Crippen LogP contribution in [0.4, 0.5) is 10.1 Å². The molecule has 3 aromatic rings. The van der Waals surface area contributed by atoms with Gasteiger partial charge in [-0.2, -0.15) is 5.10 Å². The summed E-state index contributed by atoms with van der Waals surface area (Å²) >= 11 is 0. The Hall–Kier alpha value is -2.95. The number of halogens is 1. The summed E-state index contributed by atoms with van der Waals surface area (Å²) in [6, 6.07) is 15.2. The van der Waals surface area contributed by atoms with Gasteiger partial charge < -0.3 is 5.32 Å². The molecule has 2 aromatic carbocycles. The van der Waals surface area contributed by atoms with Crippen LogP contribution in [0.1, 0.15) is 23.0 Å². The standard InChI is InChI=1S/C18H16FN3O/c1-2-13-3-7-15(8-4-13)20-18(23)17-11-12-22(21-17)16-9-5-14(19)6-10-16/h3-12H,2H2,1H3,(H,20,23). The number of hydrogen-bond acceptors (Lipinski definition) is 2. The van der Waals surface area contributed by atoms with Crippen molar-refractivity contribution in [2.24, 2.45) is 0 Å². The zero-order valence-electron chi connectivity index (χ0n) is 12.7. The number of anilines is 1.